The summed E-state index contributed by atoms with van der Waals surface area (Å²) < 4.78 is 87.1. The van der Waals surface area contributed by atoms with E-state index in [2.05, 4.69) is 4.98 Å². The Morgan fingerprint density at radius 1 is 1.18 bits per heavy atom. The molecule has 1 fully saturated rings. The van der Waals surface area contributed by atoms with Gasteiger partial charge in [-0.05, 0) is 30.7 Å². The van der Waals surface area contributed by atoms with Gasteiger partial charge in [-0.2, -0.15) is 31.6 Å². The monoisotopic (exact) mass is 473 g/mol. The summed E-state index contributed by atoms with van der Waals surface area (Å²) in [6.45, 7) is 0.941. The van der Waals surface area contributed by atoms with Crippen molar-refractivity contribution < 1.29 is 40.6 Å². The first kappa shape index (κ1) is 24.2. The van der Waals surface area contributed by atoms with Crippen molar-refractivity contribution in [3.63, 3.8) is 0 Å². The third kappa shape index (κ3) is 4.97. The van der Waals surface area contributed by atoms with Crippen LogP contribution in [0.1, 0.15) is 40.0 Å². The first-order valence-electron chi connectivity index (χ1n) is 9.53. The molecule has 0 spiro atoms. The van der Waals surface area contributed by atoms with Crippen molar-refractivity contribution in [2.24, 2.45) is 0 Å². The zero-order chi connectivity index (χ0) is 24.6. The molecule has 0 unspecified atom stereocenters. The Kier molecular flexibility index (Phi) is 6.44. The number of amides is 1. The van der Waals surface area contributed by atoms with Gasteiger partial charge in [-0.3, -0.25) is 9.78 Å². The van der Waals surface area contributed by atoms with Crippen molar-refractivity contribution in [3.8, 4) is 17.6 Å². The van der Waals surface area contributed by atoms with Gasteiger partial charge in [-0.1, -0.05) is 6.07 Å². The van der Waals surface area contributed by atoms with Gasteiger partial charge in [0.25, 0.3) is 5.91 Å². The average molecular weight is 473 g/mol. The molecular formula is C21H17F6N3O3. The molecule has 0 N–H and O–H groups in total. The van der Waals surface area contributed by atoms with Crippen LogP contribution in [0.25, 0.3) is 0 Å². The molecule has 0 aliphatic carbocycles. The number of carbonyl (C=O) groups is 1. The van der Waals surface area contributed by atoms with Crippen LogP contribution in [-0.2, 0) is 6.18 Å². The number of hydrogen-bond donors (Lipinski definition) is 0. The van der Waals surface area contributed by atoms with Gasteiger partial charge in [0, 0.05) is 25.2 Å². The highest BCUT2D eigenvalue weighted by molar-refractivity contribution is 6.01. The Hall–Kier alpha value is -3.49. The first-order valence-corrected chi connectivity index (χ1v) is 9.53. The van der Waals surface area contributed by atoms with Crippen LogP contribution < -0.4 is 9.47 Å². The summed E-state index contributed by atoms with van der Waals surface area (Å²) in [5.74, 6) is -1.67. The number of pyridine rings is 1. The van der Waals surface area contributed by atoms with Gasteiger partial charge in [0.1, 0.15) is 23.1 Å². The highest BCUT2D eigenvalue weighted by Gasteiger charge is 2.41. The van der Waals surface area contributed by atoms with E-state index in [4.69, 9.17) is 9.47 Å². The summed E-state index contributed by atoms with van der Waals surface area (Å²) in [5.41, 5.74) is -0.974. The van der Waals surface area contributed by atoms with Crippen molar-refractivity contribution >= 4 is 5.91 Å². The molecular weight excluding hydrogens is 456 g/mol. The molecule has 2 aromatic rings. The number of methoxy groups -OCH3 is 1. The minimum atomic E-state index is -4.70. The van der Waals surface area contributed by atoms with Crippen molar-refractivity contribution in [3.05, 3.63) is 52.8 Å². The summed E-state index contributed by atoms with van der Waals surface area (Å²) in [7, 11) is 1.16. The molecule has 1 aromatic carbocycles. The summed E-state index contributed by atoms with van der Waals surface area (Å²) in [6.07, 6.45) is -10.4. The maximum atomic E-state index is 13.1. The molecule has 33 heavy (non-hydrogen) atoms. The number of likely N-dealkylation sites (tertiary alicyclic amines) is 1. The molecule has 0 saturated carbocycles. The number of aromatic nitrogens is 1. The Morgan fingerprint density at radius 2 is 1.85 bits per heavy atom. The molecule has 0 radical (unpaired) electrons. The third-order valence-electron chi connectivity index (χ3n) is 5.14. The molecule has 1 aromatic heterocycles. The van der Waals surface area contributed by atoms with Crippen molar-refractivity contribution in [1.82, 2.24) is 9.88 Å². The fourth-order valence-corrected chi connectivity index (χ4v) is 3.25. The predicted octanol–water partition coefficient (Wildman–Crippen LogP) is 4.55. The van der Waals surface area contributed by atoms with E-state index < -0.39 is 35.8 Å². The normalized spacial score (nSPS) is 15.4. The number of nitriles is 1. The first-order chi connectivity index (χ1) is 15.4. The largest absolute Gasteiger partial charge is 0.494 e. The van der Waals surface area contributed by atoms with Gasteiger partial charge in [-0.15, -0.1) is 0 Å². The second-order valence-corrected chi connectivity index (χ2v) is 7.31. The number of ether oxygens (including phenoxy) is 2. The fraction of sp³-hybridized carbons (Fsp3) is 0.381. The molecule has 1 aliphatic heterocycles. The van der Waals surface area contributed by atoms with Crippen molar-refractivity contribution in [2.75, 3.05) is 20.2 Å². The van der Waals surface area contributed by atoms with Crippen LogP contribution in [0.15, 0.2) is 30.5 Å². The minimum Gasteiger partial charge on any atom is -0.494 e. The lowest BCUT2D eigenvalue weighted by Gasteiger charge is -2.40. The molecule has 6 nitrogen and oxygen atoms in total. The lowest BCUT2D eigenvalue weighted by molar-refractivity contribution is -0.189. The minimum absolute atomic E-state index is 0.0723. The standard InChI is InChI=1S/C21H17F6N3O3/c1-11(20(22,23)24)33-15-5-3-12(7-28)18(32-2)17(15)19(31)30-9-14(10-30)13-4-6-16(29-8-13)21(25,26)27/h3-6,8,11,14H,9-10H2,1-2H3/t11-/m0/s1. The van der Waals surface area contributed by atoms with Gasteiger partial charge in [0.15, 0.2) is 11.9 Å². The number of halogens is 6. The van der Waals surface area contributed by atoms with Gasteiger partial charge in [0.05, 0.1) is 12.7 Å². The van der Waals surface area contributed by atoms with Gasteiger partial charge in [0.2, 0.25) is 0 Å². The van der Waals surface area contributed by atoms with Crippen LogP contribution in [0.4, 0.5) is 26.3 Å². The second kappa shape index (κ2) is 8.80. The molecule has 176 valence electrons. The van der Waals surface area contributed by atoms with Crippen molar-refractivity contribution in [2.45, 2.75) is 31.3 Å². The molecule has 2 heterocycles. The number of hydrogen-bond acceptors (Lipinski definition) is 5. The van der Waals surface area contributed by atoms with E-state index in [0.717, 1.165) is 32.4 Å². The van der Waals surface area contributed by atoms with E-state index in [1.807, 2.05) is 0 Å². The van der Waals surface area contributed by atoms with Crippen LogP contribution in [-0.4, -0.2) is 48.3 Å². The van der Waals surface area contributed by atoms with E-state index in [1.165, 1.54) is 17.0 Å². The van der Waals surface area contributed by atoms with Gasteiger partial charge >= 0.3 is 12.4 Å². The summed E-state index contributed by atoms with van der Waals surface area (Å²) in [5, 5.41) is 9.28. The number of alkyl halides is 6. The summed E-state index contributed by atoms with van der Waals surface area (Å²) >= 11 is 0. The molecule has 1 aliphatic rings. The Bertz CT molecular complexity index is 1070. The molecule has 1 amide bonds. The molecule has 0 bridgehead atoms. The second-order valence-electron chi connectivity index (χ2n) is 7.31. The maximum absolute atomic E-state index is 13.1. The van der Waals surface area contributed by atoms with E-state index in [-0.39, 0.29) is 35.9 Å². The smallest absolute Gasteiger partial charge is 0.433 e. The zero-order valence-corrected chi connectivity index (χ0v) is 17.3. The molecule has 1 saturated heterocycles. The number of nitrogens with zero attached hydrogens (tertiary/aromatic N) is 3. The molecule has 3 rings (SSSR count). The fourth-order valence-electron chi connectivity index (χ4n) is 3.25. The summed E-state index contributed by atoms with van der Waals surface area (Å²) in [6, 6.07) is 6.18. The van der Waals surface area contributed by atoms with Crippen LogP contribution in [0, 0.1) is 11.3 Å². The highest BCUT2D eigenvalue weighted by Crippen LogP contribution is 2.38. The Balaban J connectivity index is 1.84. The number of rotatable bonds is 5. The topological polar surface area (TPSA) is 75.5 Å². The third-order valence-corrected chi connectivity index (χ3v) is 5.14. The van der Waals surface area contributed by atoms with E-state index in [1.54, 1.807) is 6.07 Å². The van der Waals surface area contributed by atoms with Crippen LogP contribution in [0.2, 0.25) is 0 Å². The zero-order valence-electron chi connectivity index (χ0n) is 17.3. The number of carbonyl (C=O) groups excluding carboxylic acids is 1. The SMILES string of the molecule is COc1c(C#N)ccc(O[C@@H](C)C(F)(F)F)c1C(=O)N1CC(c2ccc(C(F)(F)F)nc2)C1. The van der Waals surface area contributed by atoms with Crippen LogP contribution in [0.3, 0.4) is 0 Å². The lowest BCUT2D eigenvalue weighted by Crippen LogP contribution is -2.48. The van der Waals surface area contributed by atoms with E-state index >= 15 is 0 Å². The summed E-state index contributed by atoms with van der Waals surface area (Å²) in [4.78, 5) is 17.8. The number of benzene rings is 1. The van der Waals surface area contributed by atoms with E-state index in [9.17, 15) is 36.4 Å². The molecule has 1 atom stereocenters. The maximum Gasteiger partial charge on any atom is 0.433 e. The van der Waals surface area contributed by atoms with Crippen LogP contribution >= 0.6 is 0 Å². The van der Waals surface area contributed by atoms with E-state index in [0.29, 0.717) is 5.56 Å². The van der Waals surface area contributed by atoms with Crippen LogP contribution in [0.5, 0.6) is 11.5 Å². The highest BCUT2D eigenvalue weighted by atomic mass is 19.4. The average Bonchev–Trinajstić information content (AvgIpc) is 2.71. The Labute approximate surface area is 184 Å². The Morgan fingerprint density at radius 3 is 2.33 bits per heavy atom. The van der Waals surface area contributed by atoms with Gasteiger partial charge < -0.3 is 14.4 Å². The quantitative estimate of drug-likeness (QED) is 0.596. The van der Waals surface area contributed by atoms with Gasteiger partial charge in [-0.25, -0.2) is 0 Å². The lowest BCUT2D eigenvalue weighted by atomic mass is 9.91. The van der Waals surface area contributed by atoms with Crippen molar-refractivity contribution in [1.29, 1.82) is 5.26 Å². The predicted molar refractivity (Wildman–Crippen MR) is 102 cm³/mol. The molecule has 12 heteroatoms.